The van der Waals surface area contributed by atoms with Crippen LogP contribution in [0, 0.1) is 12.8 Å². The predicted octanol–water partition coefficient (Wildman–Crippen LogP) is 4.23. The van der Waals surface area contributed by atoms with Crippen LogP contribution in [0.25, 0.3) is 0 Å². The van der Waals surface area contributed by atoms with E-state index in [1.165, 1.54) is 18.4 Å². The number of hydrazine groups is 1. The number of aryl methyl sites for hydroxylation is 1. The Labute approximate surface area is 147 Å². The maximum atomic E-state index is 12.7. The molecule has 1 aromatic heterocycles. The highest BCUT2D eigenvalue weighted by Crippen LogP contribution is 2.31. The van der Waals surface area contributed by atoms with E-state index in [9.17, 15) is 4.79 Å². The summed E-state index contributed by atoms with van der Waals surface area (Å²) in [5.41, 5.74) is 5.96. The van der Waals surface area contributed by atoms with Gasteiger partial charge in [-0.05, 0) is 50.2 Å². The van der Waals surface area contributed by atoms with Gasteiger partial charge in [-0.3, -0.25) is 9.80 Å². The zero-order valence-electron chi connectivity index (χ0n) is 16.0. The molecule has 1 aliphatic rings. The Kier molecular flexibility index (Phi) is 6.39. The molecule has 0 aromatic carbocycles. The summed E-state index contributed by atoms with van der Waals surface area (Å²) in [5.74, 6) is 0.723. The molecule has 0 saturated carbocycles. The highest BCUT2D eigenvalue weighted by molar-refractivity contribution is 5.92. The first-order valence-corrected chi connectivity index (χ1v) is 9.38. The lowest BCUT2D eigenvalue weighted by molar-refractivity contribution is 0.0604. The van der Waals surface area contributed by atoms with Crippen LogP contribution in [0.3, 0.4) is 0 Å². The van der Waals surface area contributed by atoms with Gasteiger partial charge in [0.25, 0.3) is 5.91 Å². The van der Waals surface area contributed by atoms with E-state index in [0.717, 1.165) is 44.0 Å². The molecule has 4 nitrogen and oxygen atoms in total. The molecular weight excluding hydrogens is 298 g/mol. The Bertz CT molecular complexity index is 562. The first-order valence-electron chi connectivity index (χ1n) is 9.38. The number of amides is 1. The standard InChI is InChI=1S/C20H33N3O/c1-6-15(2)11-12-20(4,5)18-16(3)9-10-17(22-18)19(24)23-14-8-7-13-21-23/h9-10,15,21H,6-8,11-14H2,1-5H3. The number of hydrogen-bond acceptors (Lipinski definition) is 3. The zero-order chi connectivity index (χ0) is 17.7. The minimum absolute atomic E-state index is 0.00586. The smallest absolute Gasteiger partial charge is 0.273 e. The third-order valence-corrected chi connectivity index (χ3v) is 5.27. The Balaban J connectivity index is 2.19. The van der Waals surface area contributed by atoms with E-state index in [-0.39, 0.29) is 11.3 Å². The van der Waals surface area contributed by atoms with Gasteiger partial charge in [-0.1, -0.05) is 40.2 Å². The summed E-state index contributed by atoms with van der Waals surface area (Å²) in [6.07, 6.45) is 5.67. The molecule has 1 fully saturated rings. The van der Waals surface area contributed by atoms with Crippen LogP contribution in [-0.2, 0) is 5.41 Å². The van der Waals surface area contributed by atoms with E-state index in [0.29, 0.717) is 5.69 Å². The van der Waals surface area contributed by atoms with Crippen LogP contribution < -0.4 is 5.43 Å². The van der Waals surface area contributed by atoms with Gasteiger partial charge in [-0.15, -0.1) is 0 Å². The van der Waals surface area contributed by atoms with Gasteiger partial charge < -0.3 is 0 Å². The number of rotatable bonds is 6. The van der Waals surface area contributed by atoms with Crippen molar-refractivity contribution in [3.63, 3.8) is 0 Å². The summed E-state index contributed by atoms with van der Waals surface area (Å²) in [4.78, 5) is 17.5. The van der Waals surface area contributed by atoms with E-state index >= 15 is 0 Å². The Hall–Kier alpha value is -1.42. The van der Waals surface area contributed by atoms with Crippen LogP contribution >= 0.6 is 0 Å². The molecule has 2 rings (SSSR count). The third kappa shape index (κ3) is 4.56. The maximum absolute atomic E-state index is 12.7. The van der Waals surface area contributed by atoms with Crippen molar-refractivity contribution in [3.8, 4) is 0 Å². The molecule has 1 N–H and O–H groups in total. The van der Waals surface area contributed by atoms with Gasteiger partial charge in [-0.25, -0.2) is 10.4 Å². The van der Waals surface area contributed by atoms with E-state index in [4.69, 9.17) is 4.98 Å². The Morgan fingerprint density at radius 3 is 2.75 bits per heavy atom. The van der Waals surface area contributed by atoms with E-state index in [1.807, 2.05) is 12.1 Å². The molecule has 1 aliphatic heterocycles. The monoisotopic (exact) mass is 331 g/mol. The molecule has 0 spiro atoms. The van der Waals surface area contributed by atoms with Gasteiger partial charge >= 0.3 is 0 Å². The molecule has 0 aliphatic carbocycles. The highest BCUT2D eigenvalue weighted by Gasteiger charge is 2.27. The Morgan fingerprint density at radius 2 is 2.12 bits per heavy atom. The van der Waals surface area contributed by atoms with Gasteiger partial charge in [0.05, 0.1) is 0 Å². The minimum Gasteiger partial charge on any atom is -0.273 e. The van der Waals surface area contributed by atoms with Crippen molar-refractivity contribution in [3.05, 3.63) is 29.1 Å². The van der Waals surface area contributed by atoms with Crippen LogP contribution in [0.1, 0.15) is 81.5 Å². The molecule has 24 heavy (non-hydrogen) atoms. The number of carbonyl (C=O) groups is 1. The average Bonchev–Trinajstić information content (AvgIpc) is 2.60. The normalized spacial score (nSPS) is 17.0. The zero-order valence-corrected chi connectivity index (χ0v) is 16.0. The fourth-order valence-corrected chi connectivity index (χ4v) is 3.26. The number of nitrogens with one attached hydrogen (secondary N) is 1. The minimum atomic E-state index is -0.0148. The van der Waals surface area contributed by atoms with Crippen LogP contribution in [0.5, 0.6) is 0 Å². The predicted molar refractivity (Wildman–Crippen MR) is 99.0 cm³/mol. The lowest BCUT2D eigenvalue weighted by atomic mass is 9.79. The molecule has 1 atom stereocenters. The van der Waals surface area contributed by atoms with Crippen molar-refractivity contribution in [2.45, 2.75) is 72.1 Å². The molecule has 0 bridgehead atoms. The quantitative estimate of drug-likeness (QED) is 0.848. The SMILES string of the molecule is CCC(C)CCC(C)(C)c1nc(C(=O)N2CCCCN2)ccc1C. The fourth-order valence-electron chi connectivity index (χ4n) is 3.26. The summed E-state index contributed by atoms with van der Waals surface area (Å²) < 4.78 is 0. The number of pyridine rings is 1. The van der Waals surface area contributed by atoms with E-state index in [2.05, 4.69) is 40.0 Å². The molecule has 1 unspecified atom stereocenters. The van der Waals surface area contributed by atoms with Crippen molar-refractivity contribution < 1.29 is 4.79 Å². The second-order valence-electron chi connectivity index (χ2n) is 7.87. The highest BCUT2D eigenvalue weighted by atomic mass is 16.2. The molecule has 2 heterocycles. The fraction of sp³-hybridized carbons (Fsp3) is 0.700. The van der Waals surface area contributed by atoms with Crippen molar-refractivity contribution in [1.82, 2.24) is 15.4 Å². The third-order valence-electron chi connectivity index (χ3n) is 5.27. The molecule has 4 heteroatoms. The second-order valence-corrected chi connectivity index (χ2v) is 7.87. The van der Waals surface area contributed by atoms with Crippen molar-refractivity contribution in [2.75, 3.05) is 13.1 Å². The average molecular weight is 332 g/mol. The maximum Gasteiger partial charge on any atom is 0.286 e. The molecule has 1 saturated heterocycles. The van der Waals surface area contributed by atoms with Crippen LogP contribution in [-0.4, -0.2) is 29.0 Å². The van der Waals surface area contributed by atoms with Gasteiger partial charge in [0.2, 0.25) is 0 Å². The van der Waals surface area contributed by atoms with Crippen LogP contribution in [0.4, 0.5) is 0 Å². The number of aromatic nitrogens is 1. The first-order chi connectivity index (χ1) is 11.3. The van der Waals surface area contributed by atoms with Crippen molar-refractivity contribution in [2.24, 2.45) is 5.92 Å². The first kappa shape index (κ1) is 18.9. The summed E-state index contributed by atoms with van der Waals surface area (Å²) in [6, 6.07) is 3.91. The topological polar surface area (TPSA) is 45.2 Å². The molecule has 0 radical (unpaired) electrons. The largest absolute Gasteiger partial charge is 0.286 e. The van der Waals surface area contributed by atoms with Gasteiger partial charge in [-0.2, -0.15) is 0 Å². The van der Waals surface area contributed by atoms with Gasteiger partial charge in [0, 0.05) is 24.2 Å². The van der Waals surface area contributed by atoms with Gasteiger partial charge in [0.15, 0.2) is 0 Å². The summed E-state index contributed by atoms with van der Waals surface area (Å²) in [5, 5.41) is 1.72. The van der Waals surface area contributed by atoms with Crippen molar-refractivity contribution in [1.29, 1.82) is 0 Å². The van der Waals surface area contributed by atoms with Crippen molar-refractivity contribution >= 4 is 5.91 Å². The summed E-state index contributed by atoms with van der Waals surface area (Å²) in [6.45, 7) is 12.8. The number of hydrogen-bond donors (Lipinski definition) is 1. The lowest BCUT2D eigenvalue weighted by Gasteiger charge is -2.29. The Morgan fingerprint density at radius 1 is 1.38 bits per heavy atom. The lowest BCUT2D eigenvalue weighted by Crippen LogP contribution is -2.47. The number of carbonyl (C=O) groups excluding carboxylic acids is 1. The molecule has 1 amide bonds. The van der Waals surface area contributed by atoms with E-state index in [1.54, 1.807) is 5.01 Å². The summed E-state index contributed by atoms with van der Waals surface area (Å²) >= 11 is 0. The van der Waals surface area contributed by atoms with Crippen LogP contribution in [0.2, 0.25) is 0 Å². The van der Waals surface area contributed by atoms with E-state index < -0.39 is 0 Å². The van der Waals surface area contributed by atoms with Crippen LogP contribution in [0.15, 0.2) is 12.1 Å². The molecule has 1 aromatic rings. The van der Waals surface area contributed by atoms with Gasteiger partial charge in [0.1, 0.15) is 5.69 Å². The molecular formula is C20H33N3O. The number of nitrogens with zero attached hydrogens (tertiary/aromatic N) is 2. The second kappa shape index (κ2) is 8.11. The molecule has 134 valence electrons. The summed E-state index contributed by atoms with van der Waals surface area (Å²) in [7, 11) is 0.